The third kappa shape index (κ3) is 2.32. The van der Waals surface area contributed by atoms with E-state index in [2.05, 4.69) is 22.9 Å². The highest BCUT2D eigenvalue weighted by atomic mass is 15.2. The van der Waals surface area contributed by atoms with Crippen molar-refractivity contribution in [3.05, 3.63) is 23.9 Å². The van der Waals surface area contributed by atoms with Gasteiger partial charge in [0.15, 0.2) is 0 Å². The molecule has 2 heterocycles. The molecule has 0 amide bonds. The van der Waals surface area contributed by atoms with Gasteiger partial charge in [0.25, 0.3) is 0 Å². The molecule has 0 saturated carbocycles. The van der Waals surface area contributed by atoms with Crippen LogP contribution in [-0.4, -0.2) is 23.9 Å². The van der Waals surface area contributed by atoms with E-state index in [-0.39, 0.29) is 5.92 Å². The van der Waals surface area contributed by atoms with Gasteiger partial charge in [0.1, 0.15) is 5.82 Å². The highest BCUT2D eigenvalue weighted by molar-refractivity contribution is 5.79. The molecule has 1 saturated heterocycles. The van der Waals surface area contributed by atoms with E-state index in [1.807, 2.05) is 12.3 Å². The summed E-state index contributed by atoms with van der Waals surface area (Å²) in [7, 11) is 0. The van der Waals surface area contributed by atoms with Gasteiger partial charge in [0, 0.05) is 25.2 Å². The second-order valence-electron chi connectivity index (χ2n) is 4.41. The van der Waals surface area contributed by atoms with Gasteiger partial charge in [-0.05, 0) is 37.5 Å². The van der Waals surface area contributed by atoms with E-state index in [1.165, 1.54) is 5.56 Å². The minimum atomic E-state index is 0.265. The highest BCUT2D eigenvalue weighted by Crippen LogP contribution is 2.21. The molecule has 1 aromatic rings. The van der Waals surface area contributed by atoms with E-state index in [4.69, 9.17) is 11.1 Å². The van der Waals surface area contributed by atoms with E-state index in [0.29, 0.717) is 5.84 Å². The predicted molar refractivity (Wildman–Crippen MR) is 65.8 cm³/mol. The lowest BCUT2D eigenvalue weighted by Crippen LogP contribution is -2.38. The molecular weight excluding hydrogens is 200 g/mol. The molecule has 16 heavy (non-hydrogen) atoms. The zero-order chi connectivity index (χ0) is 11.5. The Labute approximate surface area is 96.0 Å². The number of hydrogen-bond donors (Lipinski definition) is 2. The minimum Gasteiger partial charge on any atom is -0.387 e. The number of amidine groups is 1. The number of nitrogens with zero attached hydrogens (tertiary/aromatic N) is 2. The van der Waals surface area contributed by atoms with Crippen molar-refractivity contribution in [2.75, 3.05) is 18.0 Å². The third-order valence-electron chi connectivity index (χ3n) is 3.16. The van der Waals surface area contributed by atoms with Gasteiger partial charge in [-0.15, -0.1) is 0 Å². The Morgan fingerprint density at radius 3 is 2.75 bits per heavy atom. The largest absolute Gasteiger partial charge is 0.387 e. The summed E-state index contributed by atoms with van der Waals surface area (Å²) in [6.07, 6.45) is 3.78. The molecule has 0 aliphatic carbocycles. The van der Waals surface area contributed by atoms with Gasteiger partial charge < -0.3 is 10.6 Å². The first-order valence-corrected chi connectivity index (χ1v) is 5.68. The Hall–Kier alpha value is -1.58. The molecule has 0 unspecified atom stereocenters. The van der Waals surface area contributed by atoms with Crippen LogP contribution in [0.5, 0.6) is 0 Å². The summed E-state index contributed by atoms with van der Waals surface area (Å²) >= 11 is 0. The van der Waals surface area contributed by atoms with Crippen LogP contribution in [0.3, 0.4) is 0 Å². The molecule has 0 spiro atoms. The number of pyridine rings is 1. The van der Waals surface area contributed by atoms with Crippen molar-refractivity contribution in [2.45, 2.75) is 19.8 Å². The maximum atomic E-state index is 7.44. The molecule has 0 bridgehead atoms. The van der Waals surface area contributed by atoms with Crippen molar-refractivity contribution in [3.8, 4) is 0 Å². The van der Waals surface area contributed by atoms with Crippen LogP contribution >= 0.6 is 0 Å². The van der Waals surface area contributed by atoms with Crippen LogP contribution in [0.25, 0.3) is 0 Å². The first kappa shape index (κ1) is 10.9. The number of aryl methyl sites for hydroxylation is 1. The number of piperidine rings is 1. The maximum absolute atomic E-state index is 7.44. The summed E-state index contributed by atoms with van der Waals surface area (Å²) in [4.78, 5) is 6.64. The van der Waals surface area contributed by atoms with Gasteiger partial charge in [-0.25, -0.2) is 4.98 Å². The summed E-state index contributed by atoms with van der Waals surface area (Å²) in [5.74, 6) is 1.64. The summed E-state index contributed by atoms with van der Waals surface area (Å²) in [6.45, 7) is 3.97. The summed E-state index contributed by atoms with van der Waals surface area (Å²) in [6, 6.07) is 4.11. The van der Waals surface area contributed by atoms with Crippen LogP contribution < -0.4 is 10.6 Å². The molecule has 1 aliphatic rings. The van der Waals surface area contributed by atoms with Crippen LogP contribution in [-0.2, 0) is 0 Å². The first-order chi connectivity index (χ1) is 7.66. The third-order valence-corrected chi connectivity index (χ3v) is 3.16. The lowest BCUT2D eigenvalue weighted by molar-refractivity contribution is 0.495. The van der Waals surface area contributed by atoms with Crippen molar-refractivity contribution in [1.29, 1.82) is 5.41 Å². The number of hydrogen-bond acceptors (Lipinski definition) is 3. The monoisotopic (exact) mass is 218 g/mol. The van der Waals surface area contributed by atoms with Gasteiger partial charge in [0.2, 0.25) is 0 Å². The second-order valence-corrected chi connectivity index (χ2v) is 4.41. The molecular formula is C12H18N4. The van der Waals surface area contributed by atoms with E-state index in [1.54, 1.807) is 0 Å². The van der Waals surface area contributed by atoms with Crippen molar-refractivity contribution >= 4 is 11.7 Å². The Morgan fingerprint density at radius 2 is 2.19 bits per heavy atom. The summed E-state index contributed by atoms with van der Waals surface area (Å²) in [5, 5.41) is 7.44. The molecule has 0 atom stereocenters. The lowest BCUT2D eigenvalue weighted by Gasteiger charge is -2.32. The van der Waals surface area contributed by atoms with Crippen molar-refractivity contribution < 1.29 is 0 Å². The molecule has 0 aromatic carbocycles. The molecule has 1 aliphatic heterocycles. The smallest absolute Gasteiger partial charge is 0.128 e. The normalized spacial score (nSPS) is 17.4. The van der Waals surface area contributed by atoms with Crippen molar-refractivity contribution in [1.82, 2.24) is 4.98 Å². The molecule has 86 valence electrons. The summed E-state index contributed by atoms with van der Waals surface area (Å²) in [5.41, 5.74) is 6.76. The molecule has 4 heteroatoms. The van der Waals surface area contributed by atoms with E-state index in [9.17, 15) is 0 Å². The number of nitrogens with one attached hydrogen (secondary N) is 1. The maximum Gasteiger partial charge on any atom is 0.128 e. The first-order valence-electron chi connectivity index (χ1n) is 5.68. The van der Waals surface area contributed by atoms with E-state index in [0.717, 1.165) is 31.7 Å². The zero-order valence-electron chi connectivity index (χ0n) is 9.61. The number of nitrogens with two attached hydrogens (primary N) is 1. The second kappa shape index (κ2) is 4.51. The fraction of sp³-hybridized carbons (Fsp3) is 0.500. The molecule has 1 aromatic heterocycles. The molecule has 1 fully saturated rings. The Balaban J connectivity index is 2.01. The van der Waals surface area contributed by atoms with Crippen LogP contribution in [0.15, 0.2) is 18.3 Å². The quantitative estimate of drug-likeness (QED) is 0.584. The van der Waals surface area contributed by atoms with Gasteiger partial charge >= 0.3 is 0 Å². The standard InChI is InChI=1S/C12H18N4/c1-9-2-5-15-11(8-9)16-6-3-10(4-7-16)12(13)14/h2,5,8,10H,3-4,6-7H2,1H3,(H3,13,14). The fourth-order valence-corrected chi connectivity index (χ4v) is 2.11. The zero-order valence-corrected chi connectivity index (χ0v) is 9.61. The fourth-order valence-electron chi connectivity index (χ4n) is 2.11. The van der Waals surface area contributed by atoms with Gasteiger partial charge in [-0.2, -0.15) is 0 Å². The highest BCUT2D eigenvalue weighted by Gasteiger charge is 2.21. The van der Waals surface area contributed by atoms with Gasteiger partial charge in [-0.1, -0.05) is 0 Å². The molecule has 2 rings (SSSR count). The lowest BCUT2D eigenvalue weighted by atomic mass is 9.96. The Morgan fingerprint density at radius 1 is 1.50 bits per heavy atom. The van der Waals surface area contributed by atoms with Crippen LogP contribution in [0, 0.1) is 18.3 Å². The van der Waals surface area contributed by atoms with Gasteiger partial charge in [-0.3, -0.25) is 5.41 Å². The van der Waals surface area contributed by atoms with Gasteiger partial charge in [0.05, 0.1) is 5.84 Å². The van der Waals surface area contributed by atoms with Crippen LogP contribution in [0.1, 0.15) is 18.4 Å². The average molecular weight is 218 g/mol. The minimum absolute atomic E-state index is 0.265. The van der Waals surface area contributed by atoms with E-state index >= 15 is 0 Å². The van der Waals surface area contributed by atoms with Crippen LogP contribution in [0.2, 0.25) is 0 Å². The summed E-state index contributed by atoms with van der Waals surface area (Å²) < 4.78 is 0. The number of anilines is 1. The van der Waals surface area contributed by atoms with Crippen molar-refractivity contribution in [2.24, 2.45) is 11.7 Å². The molecule has 0 radical (unpaired) electrons. The number of rotatable bonds is 2. The topological polar surface area (TPSA) is 66.0 Å². The Kier molecular flexibility index (Phi) is 3.08. The SMILES string of the molecule is Cc1ccnc(N2CCC(C(=N)N)CC2)c1. The number of aromatic nitrogens is 1. The Bertz CT molecular complexity index is 380. The van der Waals surface area contributed by atoms with Crippen molar-refractivity contribution in [3.63, 3.8) is 0 Å². The molecule has 3 N–H and O–H groups in total. The predicted octanol–water partition coefficient (Wildman–Crippen LogP) is 1.54. The van der Waals surface area contributed by atoms with E-state index < -0.39 is 0 Å². The van der Waals surface area contributed by atoms with Crippen LogP contribution in [0.4, 0.5) is 5.82 Å². The molecule has 4 nitrogen and oxygen atoms in total. The average Bonchev–Trinajstić information content (AvgIpc) is 2.29.